The van der Waals surface area contributed by atoms with Gasteiger partial charge in [0.2, 0.25) is 6.08 Å². The molecular formula is C11H14INO. The van der Waals surface area contributed by atoms with Crippen molar-refractivity contribution in [3.05, 3.63) is 0 Å². The van der Waals surface area contributed by atoms with E-state index in [1.165, 1.54) is 19.3 Å². The van der Waals surface area contributed by atoms with E-state index < -0.39 is 0 Å². The second-order valence-corrected chi connectivity index (χ2v) is 6.66. The summed E-state index contributed by atoms with van der Waals surface area (Å²) in [7, 11) is 0. The Morgan fingerprint density at radius 1 is 1.21 bits per heavy atom. The molecule has 4 bridgehead atoms. The summed E-state index contributed by atoms with van der Waals surface area (Å²) < 4.78 is 0.592. The van der Waals surface area contributed by atoms with Crippen molar-refractivity contribution in [1.29, 1.82) is 0 Å². The highest BCUT2D eigenvalue weighted by Crippen LogP contribution is 2.59. The monoisotopic (exact) mass is 303 g/mol. The molecule has 0 aromatic carbocycles. The number of rotatable bonds is 1. The van der Waals surface area contributed by atoms with Crippen LogP contribution >= 0.6 is 22.6 Å². The third-order valence-electron chi connectivity index (χ3n) is 4.42. The van der Waals surface area contributed by atoms with Gasteiger partial charge in [-0.05, 0) is 49.9 Å². The minimum Gasteiger partial charge on any atom is -0.211 e. The van der Waals surface area contributed by atoms with Crippen molar-refractivity contribution in [3.8, 4) is 0 Å². The second kappa shape index (κ2) is 3.05. The Bertz CT molecular complexity index is 296. The van der Waals surface area contributed by atoms with E-state index in [9.17, 15) is 4.79 Å². The molecule has 0 N–H and O–H groups in total. The molecule has 3 heteroatoms. The van der Waals surface area contributed by atoms with Crippen LogP contribution in [-0.2, 0) is 4.79 Å². The third kappa shape index (κ3) is 1.15. The number of halogens is 1. The SMILES string of the molecule is O=C=NC12C[C@@H]3CC(C[C@H](C3)C1)C2I. The van der Waals surface area contributed by atoms with Crippen molar-refractivity contribution in [3.63, 3.8) is 0 Å². The lowest BCUT2D eigenvalue weighted by molar-refractivity contribution is 0.0138. The van der Waals surface area contributed by atoms with Crippen molar-refractivity contribution in [2.45, 2.75) is 41.6 Å². The van der Waals surface area contributed by atoms with Gasteiger partial charge in [0.1, 0.15) is 0 Å². The third-order valence-corrected chi connectivity index (χ3v) is 6.60. The number of aliphatic imine (C=N–C) groups is 1. The maximum atomic E-state index is 10.5. The zero-order valence-corrected chi connectivity index (χ0v) is 10.2. The van der Waals surface area contributed by atoms with Gasteiger partial charge in [0, 0.05) is 3.92 Å². The van der Waals surface area contributed by atoms with Crippen molar-refractivity contribution in [2.75, 3.05) is 0 Å². The van der Waals surface area contributed by atoms with E-state index in [1.54, 1.807) is 0 Å². The fourth-order valence-corrected chi connectivity index (χ4v) is 5.41. The van der Waals surface area contributed by atoms with Gasteiger partial charge in [-0.25, -0.2) is 4.79 Å². The Hall–Kier alpha value is 0.110. The molecule has 3 atom stereocenters. The van der Waals surface area contributed by atoms with Gasteiger partial charge in [-0.15, -0.1) is 0 Å². The van der Waals surface area contributed by atoms with E-state index in [4.69, 9.17) is 0 Å². The molecule has 4 rings (SSSR count). The lowest BCUT2D eigenvalue weighted by Gasteiger charge is -2.57. The summed E-state index contributed by atoms with van der Waals surface area (Å²) in [6, 6.07) is 0. The Morgan fingerprint density at radius 2 is 1.86 bits per heavy atom. The lowest BCUT2D eigenvalue weighted by atomic mass is 9.53. The Balaban J connectivity index is 2.01. The van der Waals surface area contributed by atoms with E-state index >= 15 is 0 Å². The highest BCUT2D eigenvalue weighted by atomic mass is 127. The maximum Gasteiger partial charge on any atom is 0.235 e. The molecule has 0 aromatic heterocycles. The smallest absolute Gasteiger partial charge is 0.211 e. The zero-order valence-electron chi connectivity index (χ0n) is 8.08. The predicted molar refractivity (Wildman–Crippen MR) is 62.2 cm³/mol. The number of isocyanates is 1. The van der Waals surface area contributed by atoms with Gasteiger partial charge in [-0.3, -0.25) is 0 Å². The van der Waals surface area contributed by atoms with Gasteiger partial charge >= 0.3 is 0 Å². The topological polar surface area (TPSA) is 29.4 Å². The van der Waals surface area contributed by atoms with E-state index in [1.807, 2.05) is 6.08 Å². The molecule has 0 aliphatic heterocycles. The molecule has 4 fully saturated rings. The molecule has 76 valence electrons. The van der Waals surface area contributed by atoms with Crippen LogP contribution in [0.4, 0.5) is 0 Å². The van der Waals surface area contributed by atoms with Gasteiger partial charge in [-0.2, -0.15) is 4.99 Å². The van der Waals surface area contributed by atoms with Gasteiger partial charge in [0.25, 0.3) is 0 Å². The summed E-state index contributed by atoms with van der Waals surface area (Å²) in [5, 5.41) is 0. The molecule has 0 saturated heterocycles. The first kappa shape index (κ1) is 9.34. The van der Waals surface area contributed by atoms with Gasteiger partial charge < -0.3 is 0 Å². The predicted octanol–water partition coefficient (Wildman–Crippen LogP) is 2.70. The molecule has 0 amide bonds. The van der Waals surface area contributed by atoms with Gasteiger partial charge in [-0.1, -0.05) is 22.6 Å². The molecule has 0 spiro atoms. The van der Waals surface area contributed by atoms with Crippen LogP contribution in [0.15, 0.2) is 4.99 Å². The summed E-state index contributed by atoms with van der Waals surface area (Å²) in [5.41, 5.74) is -0.00292. The van der Waals surface area contributed by atoms with Crippen LogP contribution < -0.4 is 0 Å². The molecule has 0 radical (unpaired) electrons. The molecule has 4 aliphatic rings. The van der Waals surface area contributed by atoms with Crippen LogP contribution in [0.25, 0.3) is 0 Å². The first-order chi connectivity index (χ1) is 6.73. The van der Waals surface area contributed by atoms with E-state index in [2.05, 4.69) is 27.6 Å². The standard InChI is InChI=1S/C11H14INO/c12-10-9-2-7-1-8(3-9)5-11(10,4-7)13-6-14/h7-10H,1-5H2/t7-,8-,9?,10?,11?/m0/s1. The maximum absolute atomic E-state index is 10.5. The van der Waals surface area contributed by atoms with Crippen LogP contribution in [-0.4, -0.2) is 15.5 Å². The summed E-state index contributed by atoms with van der Waals surface area (Å²) in [4.78, 5) is 14.7. The number of nitrogens with zero attached hydrogens (tertiary/aromatic N) is 1. The molecule has 4 aliphatic carbocycles. The zero-order chi connectivity index (χ0) is 9.76. The van der Waals surface area contributed by atoms with Crippen molar-refractivity contribution >= 4 is 28.7 Å². The van der Waals surface area contributed by atoms with E-state index in [0.717, 1.165) is 30.6 Å². The van der Waals surface area contributed by atoms with Crippen molar-refractivity contribution in [1.82, 2.24) is 0 Å². The van der Waals surface area contributed by atoms with Crippen LogP contribution in [0, 0.1) is 17.8 Å². The Kier molecular flexibility index (Phi) is 2.04. The largest absolute Gasteiger partial charge is 0.235 e. The van der Waals surface area contributed by atoms with E-state index in [0.29, 0.717) is 3.92 Å². The fourth-order valence-electron chi connectivity index (χ4n) is 4.18. The minimum absolute atomic E-state index is 0.00292. The lowest BCUT2D eigenvalue weighted by Crippen LogP contribution is -2.56. The molecule has 1 unspecified atom stereocenters. The quantitative estimate of drug-likeness (QED) is 0.317. The summed E-state index contributed by atoms with van der Waals surface area (Å²) in [5.74, 6) is 2.55. The minimum atomic E-state index is -0.00292. The summed E-state index contributed by atoms with van der Waals surface area (Å²) in [6.45, 7) is 0. The highest BCUT2D eigenvalue weighted by Gasteiger charge is 2.56. The molecule has 2 nitrogen and oxygen atoms in total. The van der Waals surface area contributed by atoms with Crippen LogP contribution in [0.1, 0.15) is 32.1 Å². The second-order valence-electron chi connectivity index (χ2n) is 5.32. The Labute approximate surface area is 97.7 Å². The normalized spacial score (nSPS) is 54.4. The molecule has 14 heavy (non-hydrogen) atoms. The van der Waals surface area contributed by atoms with Crippen LogP contribution in [0.5, 0.6) is 0 Å². The van der Waals surface area contributed by atoms with Crippen LogP contribution in [0.2, 0.25) is 0 Å². The highest BCUT2D eigenvalue weighted by molar-refractivity contribution is 14.1. The Morgan fingerprint density at radius 3 is 2.43 bits per heavy atom. The fraction of sp³-hybridized carbons (Fsp3) is 0.909. The average molecular weight is 303 g/mol. The molecule has 0 heterocycles. The number of hydrogen-bond acceptors (Lipinski definition) is 2. The molecule has 0 aromatic rings. The number of hydrogen-bond donors (Lipinski definition) is 0. The van der Waals surface area contributed by atoms with Crippen molar-refractivity contribution in [2.24, 2.45) is 22.7 Å². The van der Waals surface area contributed by atoms with Crippen molar-refractivity contribution < 1.29 is 4.79 Å². The van der Waals surface area contributed by atoms with Gasteiger partial charge in [0.05, 0.1) is 5.54 Å². The molecule has 4 saturated carbocycles. The number of carbonyl (C=O) groups excluding carboxylic acids is 1. The van der Waals surface area contributed by atoms with Gasteiger partial charge in [0.15, 0.2) is 0 Å². The first-order valence-electron chi connectivity index (χ1n) is 5.46. The summed E-state index contributed by atoms with van der Waals surface area (Å²) >= 11 is 2.53. The van der Waals surface area contributed by atoms with Crippen LogP contribution in [0.3, 0.4) is 0 Å². The average Bonchev–Trinajstić information content (AvgIpc) is 2.13. The number of alkyl halides is 1. The summed E-state index contributed by atoms with van der Waals surface area (Å²) in [6.07, 6.45) is 8.31. The molecular weight excluding hydrogens is 289 g/mol. The van der Waals surface area contributed by atoms with E-state index in [-0.39, 0.29) is 5.54 Å². The first-order valence-corrected chi connectivity index (χ1v) is 6.71.